The van der Waals surface area contributed by atoms with E-state index >= 15 is 0 Å². The van der Waals surface area contributed by atoms with Gasteiger partial charge >= 0.3 is 0 Å². The van der Waals surface area contributed by atoms with Gasteiger partial charge in [-0.2, -0.15) is 0 Å². The van der Waals surface area contributed by atoms with E-state index < -0.39 is 0 Å². The molecule has 1 aromatic carbocycles. The summed E-state index contributed by atoms with van der Waals surface area (Å²) in [5.41, 5.74) is 1.74. The number of ether oxygens (including phenoxy) is 1. The molecule has 1 saturated heterocycles. The Labute approximate surface area is 156 Å². The topological polar surface area (TPSA) is 57.4 Å². The largest absolute Gasteiger partial charge is 0.491 e. The summed E-state index contributed by atoms with van der Waals surface area (Å²) < 4.78 is 6.84. The molecule has 25 heavy (non-hydrogen) atoms. The fourth-order valence-corrected chi connectivity index (χ4v) is 3.54. The number of nitrogens with one attached hydrogen (secondary N) is 2. The highest BCUT2D eigenvalue weighted by Gasteiger charge is 2.11. The molecule has 0 saturated carbocycles. The van der Waals surface area contributed by atoms with Crippen molar-refractivity contribution in [3.63, 3.8) is 0 Å². The molecule has 0 atom stereocenters. The van der Waals surface area contributed by atoms with Crippen molar-refractivity contribution in [1.82, 2.24) is 15.2 Å². The maximum atomic E-state index is 11.9. The summed E-state index contributed by atoms with van der Waals surface area (Å²) in [7, 11) is 0. The van der Waals surface area contributed by atoms with Gasteiger partial charge in [0.15, 0.2) is 0 Å². The van der Waals surface area contributed by atoms with Gasteiger partial charge in [0, 0.05) is 19.3 Å². The van der Waals surface area contributed by atoms with E-state index in [0.29, 0.717) is 18.8 Å². The second-order valence-electron chi connectivity index (χ2n) is 6.25. The van der Waals surface area contributed by atoms with Crippen LogP contribution in [0.1, 0.15) is 28.9 Å². The minimum atomic E-state index is -0.0778. The lowest BCUT2D eigenvalue weighted by Crippen LogP contribution is -2.26. The molecule has 0 aliphatic carbocycles. The Kier molecular flexibility index (Phi) is 6.53. The quantitative estimate of drug-likeness (QED) is 0.708. The van der Waals surface area contributed by atoms with Gasteiger partial charge in [0.2, 0.25) is 0 Å². The van der Waals surface area contributed by atoms with Gasteiger partial charge in [0.05, 0.1) is 4.47 Å². The molecule has 1 aliphatic heterocycles. The van der Waals surface area contributed by atoms with E-state index in [0.717, 1.165) is 28.8 Å². The Morgan fingerprint density at radius 2 is 2.12 bits per heavy atom. The molecule has 2 heterocycles. The lowest BCUT2D eigenvalue weighted by molar-refractivity contribution is 0.0950. The molecule has 2 N–H and O–H groups in total. The normalized spacial score (nSPS) is 14.6. The Morgan fingerprint density at radius 3 is 2.84 bits per heavy atom. The first-order valence-corrected chi connectivity index (χ1v) is 9.57. The summed E-state index contributed by atoms with van der Waals surface area (Å²) in [4.78, 5) is 17.2. The lowest BCUT2D eigenvalue weighted by atomic mass is 10.1. The van der Waals surface area contributed by atoms with Crippen molar-refractivity contribution in [3.05, 3.63) is 52.3 Å². The molecule has 1 aromatic heterocycles. The van der Waals surface area contributed by atoms with Crippen molar-refractivity contribution >= 4 is 21.8 Å². The SMILES string of the molecule is O=C(NCCc1ccc(OCCN2CCCC2)c(Br)c1)c1ccc[nH]1. The smallest absolute Gasteiger partial charge is 0.267 e. The van der Waals surface area contributed by atoms with Crippen LogP contribution in [0.2, 0.25) is 0 Å². The van der Waals surface area contributed by atoms with E-state index in [2.05, 4.69) is 43.3 Å². The molecule has 6 heteroatoms. The molecule has 134 valence electrons. The van der Waals surface area contributed by atoms with Crippen LogP contribution >= 0.6 is 15.9 Å². The highest BCUT2D eigenvalue weighted by Crippen LogP contribution is 2.26. The third kappa shape index (κ3) is 5.34. The fraction of sp³-hybridized carbons (Fsp3) is 0.421. The molecular formula is C19H24BrN3O2. The summed E-state index contributed by atoms with van der Waals surface area (Å²) in [6, 6.07) is 9.69. The average Bonchev–Trinajstić information content (AvgIpc) is 3.30. The molecule has 0 unspecified atom stereocenters. The third-order valence-corrected chi connectivity index (χ3v) is 5.02. The van der Waals surface area contributed by atoms with Gasteiger partial charge in [-0.15, -0.1) is 0 Å². The number of likely N-dealkylation sites (tertiary alicyclic amines) is 1. The van der Waals surface area contributed by atoms with E-state index in [4.69, 9.17) is 4.74 Å². The van der Waals surface area contributed by atoms with E-state index in [1.165, 1.54) is 25.9 Å². The third-order valence-electron chi connectivity index (χ3n) is 4.40. The number of H-pyrrole nitrogens is 1. The summed E-state index contributed by atoms with van der Waals surface area (Å²) in [5, 5.41) is 2.91. The van der Waals surface area contributed by atoms with Gasteiger partial charge in [0.1, 0.15) is 18.1 Å². The maximum absolute atomic E-state index is 11.9. The van der Waals surface area contributed by atoms with Gasteiger partial charge < -0.3 is 15.0 Å². The summed E-state index contributed by atoms with van der Waals surface area (Å²) >= 11 is 3.58. The minimum absolute atomic E-state index is 0.0778. The summed E-state index contributed by atoms with van der Waals surface area (Å²) in [5.74, 6) is 0.796. The number of hydrogen-bond donors (Lipinski definition) is 2. The van der Waals surface area contributed by atoms with Crippen molar-refractivity contribution in [2.75, 3.05) is 32.8 Å². The summed E-state index contributed by atoms with van der Waals surface area (Å²) in [6.45, 7) is 4.68. The minimum Gasteiger partial charge on any atom is -0.491 e. The van der Waals surface area contributed by atoms with E-state index in [1.807, 2.05) is 12.1 Å². The van der Waals surface area contributed by atoms with Crippen molar-refractivity contribution in [3.8, 4) is 5.75 Å². The van der Waals surface area contributed by atoms with Crippen LogP contribution in [0.3, 0.4) is 0 Å². The molecule has 1 amide bonds. The Balaban J connectivity index is 1.42. The van der Waals surface area contributed by atoms with Crippen molar-refractivity contribution in [2.24, 2.45) is 0 Å². The Morgan fingerprint density at radius 1 is 1.28 bits per heavy atom. The molecule has 1 aliphatic rings. The zero-order chi connectivity index (χ0) is 17.5. The fourth-order valence-electron chi connectivity index (χ4n) is 3.00. The van der Waals surface area contributed by atoms with Crippen molar-refractivity contribution in [2.45, 2.75) is 19.3 Å². The van der Waals surface area contributed by atoms with Crippen LogP contribution in [0, 0.1) is 0 Å². The second-order valence-corrected chi connectivity index (χ2v) is 7.11. The van der Waals surface area contributed by atoms with Gasteiger partial charge in [-0.3, -0.25) is 9.69 Å². The molecule has 0 radical (unpaired) electrons. The number of benzene rings is 1. The van der Waals surface area contributed by atoms with Crippen LogP contribution in [-0.4, -0.2) is 48.6 Å². The zero-order valence-corrected chi connectivity index (χ0v) is 15.8. The predicted octanol–water partition coefficient (Wildman–Crippen LogP) is 3.22. The van der Waals surface area contributed by atoms with Crippen LogP contribution in [0.5, 0.6) is 5.75 Å². The number of hydrogen-bond acceptors (Lipinski definition) is 3. The zero-order valence-electron chi connectivity index (χ0n) is 14.3. The first-order chi connectivity index (χ1) is 12.2. The highest BCUT2D eigenvalue weighted by atomic mass is 79.9. The number of nitrogens with zero attached hydrogens (tertiary/aromatic N) is 1. The lowest BCUT2D eigenvalue weighted by Gasteiger charge is -2.16. The number of carbonyl (C=O) groups excluding carboxylic acids is 1. The predicted molar refractivity (Wildman–Crippen MR) is 102 cm³/mol. The molecule has 0 spiro atoms. The van der Waals surface area contributed by atoms with Gasteiger partial charge in [-0.05, 0) is 78.1 Å². The van der Waals surface area contributed by atoms with E-state index in [1.54, 1.807) is 12.3 Å². The molecule has 1 fully saturated rings. The number of amides is 1. The van der Waals surface area contributed by atoms with Crippen LogP contribution in [-0.2, 0) is 6.42 Å². The Hall–Kier alpha value is -1.79. The molecule has 3 rings (SSSR count). The second kappa shape index (κ2) is 9.06. The number of aromatic nitrogens is 1. The highest BCUT2D eigenvalue weighted by molar-refractivity contribution is 9.10. The van der Waals surface area contributed by atoms with Crippen LogP contribution in [0.4, 0.5) is 0 Å². The first kappa shape index (κ1) is 18.0. The monoisotopic (exact) mass is 405 g/mol. The van der Waals surface area contributed by atoms with E-state index in [9.17, 15) is 4.79 Å². The van der Waals surface area contributed by atoms with Gasteiger partial charge in [-0.25, -0.2) is 0 Å². The van der Waals surface area contributed by atoms with Crippen molar-refractivity contribution < 1.29 is 9.53 Å². The average molecular weight is 406 g/mol. The van der Waals surface area contributed by atoms with Crippen LogP contribution in [0.25, 0.3) is 0 Å². The van der Waals surface area contributed by atoms with Gasteiger partial charge in [-0.1, -0.05) is 6.07 Å². The van der Waals surface area contributed by atoms with Crippen LogP contribution in [0.15, 0.2) is 41.0 Å². The molecular weight excluding hydrogens is 382 g/mol. The van der Waals surface area contributed by atoms with E-state index in [-0.39, 0.29) is 5.91 Å². The summed E-state index contributed by atoms with van der Waals surface area (Å²) in [6.07, 6.45) is 5.13. The first-order valence-electron chi connectivity index (χ1n) is 8.77. The number of rotatable bonds is 8. The molecule has 2 aromatic rings. The molecule has 0 bridgehead atoms. The molecule has 5 nitrogen and oxygen atoms in total. The Bertz CT molecular complexity index is 682. The maximum Gasteiger partial charge on any atom is 0.267 e. The number of halogens is 1. The standard InChI is InChI=1S/C19H24BrN3O2/c20-16-14-15(7-9-22-19(24)17-4-3-8-21-17)5-6-18(16)25-13-12-23-10-1-2-11-23/h3-6,8,14,21H,1-2,7,9-13H2,(H,22,24). The number of aromatic amines is 1. The van der Waals surface area contributed by atoms with Gasteiger partial charge in [0.25, 0.3) is 5.91 Å². The van der Waals surface area contributed by atoms with Crippen molar-refractivity contribution in [1.29, 1.82) is 0 Å². The number of carbonyl (C=O) groups is 1. The van der Waals surface area contributed by atoms with Crippen LogP contribution < -0.4 is 10.1 Å².